The Balaban J connectivity index is 1.93. The standard InChI is InChI=1S/C16H26FN3/c1-13-5-4-6-16(8-13,20(2)3)12-19-10-14-7-15(17)11-18-9-14/h7,9,11,13,19H,4-6,8,10,12H2,1-3H3. The molecular weight excluding hydrogens is 253 g/mol. The molecule has 1 aliphatic carbocycles. The molecule has 1 heterocycles. The lowest BCUT2D eigenvalue weighted by atomic mass is 9.75. The number of hydrogen-bond donors (Lipinski definition) is 1. The third-order valence-electron chi connectivity index (χ3n) is 4.56. The molecule has 1 fully saturated rings. The minimum absolute atomic E-state index is 0.235. The first-order valence-corrected chi connectivity index (χ1v) is 7.49. The largest absolute Gasteiger partial charge is 0.311 e. The molecule has 0 spiro atoms. The van der Waals surface area contributed by atoms with Crippen molar-refractivity contribution in [2.75, 3.05) is 20.6 Å². The van der Waals surface area contributed by atoms with E-state index in [1.54, 1.807) is 12.3 Å². The zero-order valence-corrected chi connectivity index (χ0v) is 12.8. The molecule has 2 atom stereocenters. The van der Waals surface area contributed by atoms with Crippen molar-refractivity contribution in [1.29, 1.82) is 0 Å². The summed E-state index contributed by atoms with van der Waals surface area (Å²) in [7, 11) is 4.34. The number of aromatic nitrogens is 1. The molecule has 1 aliphatic rings. The number of pyridine rings is 1. The Bertz CT molecular complexity index is 435. The Kier molecular flexibility index (Phi) is 5.11. The predicted octanol–water partition coefficient (Wildman–Crippen LogP) is 2.82. The molecule has 20 heavy (non-hydrogen) atoms. The second-order valence-electron chi connectivity index (χ2n) is 6.44. The second-order valence-corrected chi connectivity index (χ2v) is 6.44. The predicted molar refractivity (Wildman–Crippen MR) is 80.0 cm³/mol. The van der Waals surface area contributed by atoms with Gasteiger partial charge in [0.2, 0.25) is 0 Å². The van der Waals surface area contributed by atoms with Gasteiger partial charge in [-0.25, -0.2) is 4.39 Å². The van der Waals surface area contributed by atoms with E-state index in [1.807, 2.05) is 0 Å². The van der Waals surface area contributed by atoms with Crippen LogP contribution in [0.3, 0.4) is 0 Å². The van der Waals surface area contributed by atoms with E-state index >= 15 is 0 Å². The van der Waals surface area contributed by atoms with Crippen molar-refractivity contribution < 1.29 is 4.39 Å². The molecule has 0 bridgehead atoms. The molecule has 1 N–H and O–H groups in total. The van der Waals surface area contributed by atoms with E-state index in [1.165, 1.54) is 31.9 Å². The van der Waals surface area contributed by atoms with Crippen molar-refractivity contribution in [3.63, 3.8) is 0 Å². The minimum Gasteiger partial charge on any atom is -0.311 e. The third kappa shape index (κ3) is 3.76. The maximum atomic E-state index is 13.1. The van der Waals surface area contributed by atoms with Gasteiger partial charge in [0, 0.05) is 24.8 Å². The Morgan fingerprint density at radius 3 is 2.90 bits per heavy atom. The van der Waals surface area contributed by atoms with Gasteiger partial charge in [-0.05, 0) is 44.5 Å². The molecule has 0 aromatic carbocycles. The normalized spacial score (nSPS) is 26.9. The van der Waals surface area contributed by atoms with Crippen LogP contribution in [0.2, 0.25) is 0 Å². The summed E-state index contributed by atoms with van der Waals surface area (Å²) in [5, 5.41) is 3.49. The van der Waals surface area contributed by atoms with Crippen LogP contribution in [0.4, 0.5) is 4.39 Å². The summed E-state index contributed by atoms with van der Waals surface area (Å²) >= 11 is 0. The summed E-state index contributed by atoms with van der Waals surface area (Å²) in [5.74, 6) is 0.515. The van der Waals surface area contributed by atoms with E-state index < -0.39 is 0 Å². The molecule has 4 heteroatoms. The highest BCUT2D eigenvalue weighted by atomic mass is 19.1. The van der Waals surface area contributed by atoms with Crippen LogP contribution in [0, 0.1) is 11.7 Å². The lowest BCUT2D eigenvalue weighted by Crippen LogP contribution is -2.54. The quantitative estimate of drug-likeness (QED) is 0.898. The second kappa shape index (κ2) is 6.64. The summed E-state index contributed by atoms with van der Waals surface area (Å²) in [6.45, 7) is 3.96. The Hall–Kier alpha value is -1.00. The van der Waals surface area contributed by atoms with E-state index in [-0.39, 0.29) is 11.4 Å². The lowest BCUT2D eigenvalue weighted by Gasteiger charge is -2.45. The van der Waals surface area contributed by atoms with Crippen LogP contribution in [0.15, 0.2) is 18.5 Å². The number of halogens is 1. The van der Waals surface area contributed by atoms with E-state index in [0.717, 1.165) is 18.0 Å². The third-order valence-corrected chi connectivity index (χ3v) is 4.56. The van der Waals surface area contributed by atoms with E-state index in [0.29, 0.717) is 6.54 Å². The fourth-order valence-electron chi connectivity index (χ4n) is 3.35. The van der Waals surface area contributed by atoms with Crippen molar-refractivity contribution in [1.82, 2.24) is 15.2 Å². The number of likely N-dealkylation sites (N-methyl/N-ethyl adjacent to an activating group) is 1. The van der Waals surface area contributed by atoms with Crippen LogP contribution in [0.1, 0.15) is 38.2 Å². The lowest BCUT2D eigenvalue weighted by molar-refractivity contribution is 0.0749. The number of nitrogens with zero attached hydrogens (tertiary/aromatic N) is 2. The highest BCUT2D eigenvalue weighted by Gasteiger charge is 2.36. The average Bonchev–Trinajstić information content (AvgIpc) is 2.38. The van der Waals surface area contributed by atoms with Gasteiger partial charge >= 0.3 is 0 Å². The molecule has 0 saturated heterocycles. The van der Waals surface area contributed by atoms with Gasteiger partial charge in [-0.1, -0.05) is 19.8 Å². The van der Waals surface area contributed by atoms with Crippen molar-refractivity contribution >= 4 is 0 Å². The van der Waals surface area contributed by atoms with Crippen LogP contribution < -0.4 is 5.32 Å². The van der Waals surface area contributed by atoms with Crippen LogP contribution in [0.5, 0.6) is 0 Å². The molecule has 1 aromatic heterocycles. The smallest absolute Gasteiger partial charge is 0.141 e. The van der Waals surface area contributed by atoms with Gasteiger partial charge in [-0.3, -0.25) is 4.98 Å². The molecular formula is C16H26FN3. The topological polar surface area (TPSA) is 28.2 Å². The Morgan fingerprint density at radius 2 is 2.25 bits per heavy atom. The first-order valence-electron chi connectivity index (χ1n) is 7.49. The highest BCUT2D eigenvalue weighted by molar-refractivity contribution is 5.10. The average molecular weight is 279 g/mol. The zero-order valence-electron chi connectivity index (χ0n) is 12.8. The van der Waals surface area contributed by atoms with Gasteiger partial charge in [-0.15, -0.1) is 0 Å². The van der Waals surface area contributed by atoms with E-state index in [2.05, 4.69) is 36.2 Å². The highest BCUT2D eigenvalue weighted by Crippen LogP contribution is 2.35. The van der Waals surface area contributed by atoms with Crippen LogP contribution in [0.25, 0.3) is 0 Å². The van der Waals surface area contributed by atoms with Crippen molar-refractivity contribution in [2.45, 2.75) is 44.7 Å². The number of hydrogen-bond acceptors (Lipinski definition) is 3. The van der Waals surface area contributed by atoms with Crippen molar-refractivity contribution in [2.24, 2.45) is 5.92 Å². The maximum Gasteiger partial charge on any atom is 0.141 e. The fraction of sp³-hybridized carbons (Fsp3) is 0.688. The fourth-order valence-corrected chi connectivity index (χ4v) is 3.35. The first kappa shape index (κ1) is 15.4. The summed E-state index contributed by atoms with van der Waals surface area (Å²) < 4.78 is 13.1. The zero-order chi connectivity index (χ0) is 14.6. The SMILES string of the molecule is CC1CCCC(CNCc2cncc(F)c2)(N(C)C)C1. The van der Waals surface area contributed by atoms with Gasteiger partial charge in [0.15, 0.2) is 0 Å². The maximum absolute atomic E-state index is 13.1. The van der Waals surface area contributed by atoms with Crippen molar-refractivity contribution in [3.05, 3.63) is 29.8 Å². The molecule has 2 unspecified atom stereocenters. The van der Waals surface area contributed by atoms with E-state index in [9.17, 15) is 4.39 Å². The molecule has 1 aromatic rings. The molecule has 1 saturated carbocycles. The molecule has 0 aliphatic heterocycles. The Morgan fingerprint density at radius 1 is 1.45 bits per heavy atom. The Labute approximate surface area is 121 Å². The molecule has 0 radical (unpaired) electrons. The molecule has 0 amide bonds. The summed E-state index contributed by atoms with van der Waals surface area (Å²) in [6, 6.07) is 1.55. The van der Waals surface area contributed by atoms with Gasteiger partial charge in [-0.2, -0.15) is 0 Å². The summed E-state index contributed by atoms with van der Waals surface area (Å²) in [4.78, 5) is 6.25. The van der Waals surface area contributed by atoms with Crippen LogP contribution >= 0.6 is 0 Å². The van der Waals surface area contributed by atoms with Crippen LogP contribution in [-0.4, -0.2) is 36.1 Å². The summed E-state index contributed by atoms with van der Waals surface area (Å²) in [5.41, 5.74) is 1.14. The van der Waals surface area contributed by atoms with Crippen molar-refractivity contribution in [3.8, 4) is 0 Å². The molecule has 112 valence electrons. The molecule has 3 nitrogen and oxygen atoms in total. The summed E-state index contributed by atoms with van der Waals surface area (Å²) in [6.07, 6.45) is 8.06. The molecule has 2 rings (SSSR count). The van der Waals surface area contributed by atoms with Gasteiger partial charge in [0.1, 0.15) is 5.82 Å². The van der Waals surface area contributed by atoms with E-state index in [4.69, 9.17) is 0 Å². The minimum atomic E-state index is -0.266. The van der Waals surface area contributed by atoms with Gasteiger partial charge in [0.25, 0.3) is 0 Å². The van der Waals surface area contributed by atoms with Crippen LogP contribution in [-0.2, 0) is 6.54 Å². The number of rotatable bonds is 5. The van der Waals surface area contributed by atoms with Gasteiger partial charge in [0.05, 0.1) is 6.20 Å². The number of nitrogens with one attached hydrogen (secondary N) is 1. The van der Waals surface area contributed by atoms with Gasteiger partial charge < -0.3 is 10.2 Å². The first-order chi connectivity index (χ1) is 9.52. The monoisotopic (exact) mass is 279 g/mol.